The van der Waals surface area contributed by atoms with Crippen LogP contribution in [-0.4, -0.2) is 43.6 Å². The predicted molar refractivity (Wildman–Crippen MR) is 90.1 cm³/mol. The number of anilines is 1. The molecule has 1 aromatic rings. The first kappa shape index (κ1) is 17.8. The molecule has 0 atom stereocenters. The molecule has 6 nitrogen and oxygen atoms in total. The van der Waals surface area contributed by atoms with Gasteiger partial charge in [-0.3, -0.25) is 0 Å². The van der Waals surface area contributed by atoms with E-state index in [-0.39, 0.29) is 30.6 Å². The van der Waals surface area contributed by atoms with E-state index >= 15 is 0 Å². The highest BCUT2D eigenvalue weighted by Crippen LogP contribution is 2.39. The number of rotatable bonds is 5. The molecule has 0 N–H and O–H groups in total. The van der Waals surface area contributed by atoms with E-state index in [9.17, 15) is 14.5 Å². The molecular weight excluding hydrogens is 317 g/mol. The summed E-state index contributed by atoms with van der Waals surface area (Å²) in [6.07, 6.45) is 1.41. The van der Waals surface area contributed by atoms with Crippen LogP contribution in [0.1, 0.15) is 20.8 Å². The minimum Gasteiger partial charge on any atom is -0.413 e. The Labute approximate surface area is 136 Å². The van der Waals surface area contributed by atoms with Crippen LogP contribution in [-0.2, 0) is 4.43 Å². The summed E-state index contributed by atoms with van der Waals surface area (Å²) in [5.41, 5.74) is -0.673. The normalized spacial score (nSPS) is 17.7. The second-order valence-electron chi connectivity index (χ2n) is 7.69. The Morgan fingerprint density at radius 2 is 2.04 bits per heavy atom. The first-order chi connectivity index (χ1) is 10.4. The van der Waals surface area contributed by atoms with Crippen LogP contribution in [0.2, 0.25) is 18.1 Å². The lowest BCUT2D eigenvalue weighted by atomic mass is 9.97. The van der Waals surface area contributed by atoms with Crippen molar-refractivity contribution >= 4 is 19.8 Å². The maximum atomic E-state index is 14.7. The smallest absolute Gasteiger partial charge is 0.363 e. The van der Waals surface area contributed by atoms with Crippen molar-refractivity contribution in [3.63, 3.8) is 0 Å². The van der Waals surface area contributed by atoms with E-state index in [0.29, 0.717) is 5.69 Å². The van der Waals surface area contributed by atoms with Gasteiger partial charge in [-0.2, -0.15) is 0 Å². The monoisotopic (exact) mass is 341 g/mol. The Kier molecular flexibility index (Phi) is 4.51. The Hall–Kier alpha value is -1.54. The lowest BCUT2D eigenvalue weighted by Gasteiger charge is -2.47. The van der Waals surface area contributed by atoms with Gasteiger partial charge in [-0.15, -0.1) is 0 Å². The minimum atomic E-state index is -1.96. The zero-order valence-electron chi connectivity index (χ0n) is 14.3. The third kappa shape index (κ3) is 3.87. The first-order valence-corrected chi connectivity index (χ1v) is 10.5. The molecule has 8 heteroatoms. The van der Waals surface area contributed by atoms with Gasteiger partial charge in [-0.05, 0) is 34.1 Å². The zero-order valence-corrected chi connectivity index (χ0v) is 15.3. The van der Waals surface area contributed by atoms with Gasteiger partial charge in [0.05, 0.1) is 25.4 Å². The van der Waals surface area contributed by atoms with Crippen LogP contribution in [0.25, 0.3) is 0 Å². The van der Waals surface area contributed by atoms with Crippen LogP contribution in [0.5, 0.6) is 0 Å². The Bertz CT molecular complexity index is 581. The third-order valence-corrected chi connectivity index (χ3v) is 9.21. The largest absolute Gasteiger partial charge is 0.413 e. The number of halogens is 1. The van der Waals surface area contributed by atoms with E-state index in [4.69, 9.17) is 4.43 Å². The Morgan fingerprint density at radius 3 is 2.48 bits per heavy atom. The molecule has 128 valence electrons. The molecule has 2 heterocycles. The number of pyridine rings is 1. The molecule has 0 bridgehead atoms. The van der Waals surface area contributed by atoms with Crippen molar-refractivity contribution in [2.24, 2.45) is 0 Å². The van der Waals surface area contributed by atoms with E-state index in [1.165, 1.54) is 12.3 Å². The van der Waals surface area contributed by atoms with Gasteiger partial charge in [0.25, 0.3) is 0 Å². The fourth-order valence-corrected chi connectivity index (χ4v) is 3.16. The quantitative estimate of drug-likeness (QED) is 0.465. The zero-order chi connectivity index (χ0) is 17.5. The molecule has 1 aliphatic rings. The van der Waals surface area contributed by atoms with Gasteiger partial charge < -0.3 is 19.4 Å². The first-order valence-electron chi connectivity index (χ1n) is 7.62. The Balaban J connectivity index is 1.91. The van der Waals surface area contributed by atoms with Crippen molar-refractivity contribution in [2.75, 3.05) is 24.6 Å². The average molecular weight is 341 g/mol. The van der Waals surface area contributed by atoms with Gasteiger partial charge in [0.15, 0.2) is 20.2 Å². The summed E-state index contributed by atoms with van der Waals surface area (Å²) in [5.74, 6) is -0.206. The minimum absolute atomic E-state index is 0.0507. The average Bonchev–Trinajstić information content (AvgIpc) is 2.41. The summed E-state index contributed by atoms with van der Waals surface area (Å²) in [7, 11) is -1.96. The fraction of sp³-hybridized carbons (Fsp3) is 0.667. The number of aromatic nitrogens is 1. The molecule has 1 fully saturated rings. The topological polar surface area (TPSA) is 68.5 Å². The number of nitro groups is 1. The van der Waals surface area contributed by atoms with Crippen LogP contribution in [0.15, 0.2) is 18.3 Å². The summed E-state index contributed by atoms with van der Waals surface area (Å²) >= 11 is 0. The van der Waals surface area contributed by atoms with Crippen LogP contribution >= 0.6 is 0 Å². The van der Waals surface area contributed by atoms with Crippen molar-refractivity contribution in [1.29, 1.82) is 0 Å². The van der Waals surface area contributed by atoms with Crippen LogP contribution in [0.3, 0.4) is 0 Å². The maximum Gasteiger partial charge on any atom is 0.363 e. The number of nitrogens with zero attached hydrogens (tertiary/aromatic N) is 3. The molecule has 1 saturated heterocycles. The summed E-state index contributed by atoms with van der Waals surface area (Å²) < 4.78 is 20.7. The van der Waals surface area contributed by atoms with Gasteiger partial charge in [-0.1, -0.05) is 20.8 Å². The molecule has 1 aromatic heterocycles. The summed E-state index contributed by atoms with van der Waals surface area (Å²) in [6.45, 7) is 11.1. The summed E-state index contributed by atoms with van der Waals surface area (Å²) in [6, 6.07) is 2.93. The SMILES string of the molecule is CC(C)(C)[Si](C)(C)OCC1(F)CN(c2ccc([N+](=O)[O-])nc2)C1. The summed E-state index contributed by atoms with van der Waals surface area (Å²) in [4.78, 5) is 15.6. The van der Waals surface area contributed by atoms with Crippen LogP contribution in [0, 0.1) is 10.1 Å². The van der Waals surface area contributed by atoms with Crippen molar-refractivity contribution < 1.29 is 13.7 Å². The van der Waals surface area contributed by atoms with E-state index in [2.05, 4.69) is 38.8 Å². The highest BCUT2D eigenvalue weighted by atomic mass is 28.4. The molecule has 0 radical (unpaired) electrons. The maximum absolute atomic E-state index is 14.7. The third-order valence-electron chi connectivity index (χ3n) is 4.73. The Morgan fingerprint density at radius 1 is 1.43 bits per heavy atom. The van der Waals surface area contributed by atoms with Crippen molar-refractivity contribution in [2.45, 2.75) is 44.6 Å². The molecular formula is C15H24FN3O3Si. The summed E-state index contributed by atoms with van der Waals surface area (Å²) in [5, 5.41) is 10.6. The lowest BCUT2D eigenvalue weighted by molar-refractivity contribution is -0.389. The van der Waals surface area contributed by atoms with E-state index < -0.39 is 18.9 Å². The molecule has 0 aliphatic carbocycles. The van der Waals surface area contributed by atoms with Crippen molar-refractivity contribution in [3.8, 4) is 0 Å². The molecule has 23 heavy (non-hydrogen) atoms. The molecule has 0 unspecified atom stereocenters. The van der Waals surface area contributed by atoms with Gasteiger partial charge >= 0.3 is 5.82 Å². The van der Waals surface area contributed by atoms with Crippen molar-refractivity contribution in [3.05, 3.63) is 28.4 Å². The highest BCUT2D eigenvalue weighted by molar-refractivity contribution is 6.74. The molecule has 0 amide bonds. The number of alkyl halides is 1. The molecule has 0 spiro atoms. The lowest BCUT2D eigenvalue weighted by Crippen LogP contribution is -2.63. The second-order valence-corrected chi connectivity index (χ2v) is 12.5. The molecule has 0 aromatic carbocycles. The molecule has 2 rings (SSSR count). The molecule has 1 aliphatic heterocycles. The predicted octanol–water partition coefficient (Wildman–Crippen LogP) is 3.54. The van der Waals surface area contributed by atoms with Crippen LogP contribution in [0.4, 0.5) is 15.9 Å². The van der Waals surface area contributed by atoms with Gasteiger partial charge in [0.1, 0.15) is 0 Å². The van der Waals surface area contributed by atoms with E-state index in [1.807, 2.05) is 4.90 Å². The van der Waals surface area contributed by atoms with Gasteiger partial charge in [0.2, 0.25) is 0 Å². The number of hydrogen-bond acceptors (Lipinski definition) is 5. The van der Waals surface area contributed by atoms with Gasteiger partial charge in [-0.25, -0.2) is 4.39 Å². The van der Waals surface area contributed by atoms with Crippen molar-refractivity contribution in [1.82, 2.24) is 4.98 Å². The van der Waals surface area contributed by atoms with E-state index in [0.717, 1.165) is 0 Å². The molecule has 0 saturated carbocycles. The fourth-order valence-electron chi connectivity index (χ4n) is 2.11. The standard InChI is InChI=1S/C15H24FN3O3Si/c1-14(2,3)23(4,5)22-11-15(16)9-18(10-15)12-6-7-13(17-8-12)19(20)21/h6-8H,9-11H2,1-5H3. The highest BCUT2D eigenvalue weighted by Gasteiger charge is 2.47. The number of hydrogen-bond donors (Lipinski definition) is 0. The second kappa shape index (κ2) is 5.83. The van der Waals surface area contributed by atoms with Gasteiger partial charge in [0, 0.05) is 6.07 Å². The van der Waals surface area contributed by atoms with E-state index in [1.54, 1.807) is 6.07 Å². The van der Waals surface area contributed by atoms with Crippen LogP contribution < -0.4 is 4.90 Å².